The highest BCUT2D eigenvalue weighted by atomic mass is 14.8. The quantitative estimate of drug-likeness (QED) is 0.458. The summed E-state index contributed by atoms with van der Waals surface area (Å²) in [4.78, 5) is 3.12. The standard InChI is InChI=1S/C9H8N.C8H7N/c1-3-7-10-8-4-2-6-9(10)5-1;1-2-4-8-7(3-1)5-6-9-8/h1-8H;1-6,9H/q+1;. The van der Waals surface area contributed by atoms with E-state index in [0.717, 1.165) is 0 Å². The van der Waals surface area contributed by atoms with Crippen molar-refractivity contribution in [3.05, 3.63) is 85.3 Å². The third kappa shape index (κ3) is 2.63. The number of hydrogen-bond donors (Lipinski definition) is 1. The molecular formula is C17H15N2+. The monoisotopic (exact) mass is 247 g/mol. The van der Waals surface area contributed by atoms with Gasteiger partial charge in [-0.05, 0) is 29.7 Å². The van der Waals surface area contributed by atoms with Gasteiger partial charge in [0.2, 0.25) is 5.52 Å². The van der Waals surface area contributed by atoms with E-state index in [0.29, 0.717) is 0 Å². The molecule has 2 nitrogen and oxygen atoms in total. The first-order chi connectivity index (χ1) is 9.43. The molecule has 0 saturated heterocycles. The molecule has 4 aromatic rings. The molecule has 0 amide bonds. The lowest BCUT2D eigenvalue weighted by Crippen LogP contribution is -2.18. The molecule has 19 heavy (non-hydrogen) atoms. The van der Waals surface area contributed by atoms with Crippen LogP contribution >= 0.6 is 0 Å². The lowest BCUT2D eigenvalue weighted by molar-refractivity contribution is -0.511. The minimum absolute atomic E-state index is 1.21. The van der Waals surface area contributed by atoms with Crippen LogP contribution < -0.4 is 4.40 Å². The zero-order chi connectivity index (χ0) is 12.9. The highest BCUT2D eigenvalue weighted by molar-refractivity contribution is 5.78. The van der Waals surface area contributed by atoms with Gasteiger partial charge in [-0.25, -0.2) is 0 Å². The van der Waals surface area contributed by atoms with Crippen molar-refractivity contribution < 1.29 is 4.40 Å². The maximum absolute atomic E-state index is 3.12. The van der Waals surface area contributed by atoms with Crippen LogP contribution in [-0.4, -0.2) is 4.98 Å². The van der Waals surface area contributed by atoms with Crippen LogP contribution in [0.4, 0.5) is 0 Å². The van der Waals surface area contributed by atoms with Crippen LogP contribution in [0.2, 0.25) is 0 Å². The first kappa shape index (κ1) is 11.5. The fraction of sp³-hybridized carbons (Fsp3) is 0. The van der Waals surface area contributed by atoms with Crippen molar-refractivity contribution in [1.82, 2.24) is 4.98 Å². The van der Waals surface area contributed by atoms with Gasteiger partial charge in [0.15, 0.2) is 12.4 Å². The predicted octanol–water partition coefficient (Wildman–Crippen LogP) is 3.59. The molecule has 0 unspecified atom stereocenters. The summed E-state index contributed by atoms with van der Waals surface area (Å²) in [7, 11) is 0. The molecule has 3 heterocycles. The lowest BCUT2D eigenvalue weighted by atomic mass is 10.3. The number of nitrogens with zero attached hydrogens (tertiary/aromatic N) is 1. The second-order valence-corrected chi connectivity index (χ2v) is 4.30. The molecule has 0 aliphatic carbocycles. The van der Waals surface area contributed by atoms with Gasteiger partial charge in [0.1, 0.15) is 0 Å². The second-order valence-electron chi connectivity index (χ2n) is 4.30. The Morgan fingerprint density at radius 2 is 1.37 bits per heavy atom. The Morgan fingerprint density at radius 3 is 2.05 bits per heavy atom. The van der Waals surface area contributed by atoms with Crippen LogP contribution in [0, 0.1) is 0 Å². The average Bonchev–Trinajstić information content (AvgIpc) is 2.96. The van der Waals surface area contributed by atoms with Crippen LogP contribution in [0.25, 0.3) is 16.4 Å². The van der Waals surface area contributed by atoms with E-state index in [1.54, 1.807) is 0 Å². The maximum Gasteiger partial charge on any atom is 0.210 e. The zero-order valence-electron chi connectivity index (χ0n) is 10.5. The van der Waals surface area contributed by atoms with Gasteiger partial charge in [-0.2, -0.15) is 4.40 Å². The summed E-state index contributed by atoms with van der Waals surface area (Å²) in [5, 5.41) is 1.28. The highest BCUT2D eigenvalue weighted by Crippen LogP contribution is 2.09. The zero-order valence-corrected chi connectivity index (χ0v) is 10.5. The van der Waals surface area contributed by atoms with Crippen molar-refractivity contribution in [3.8, 4) is 0 Å². The van der Waals surface area contributed by atoms with E-state index < -0.39 is 0 Å². The number of rotatable bonds is 0. The van der Waals surface area contributed by atoms with Crippen LogP contribution in [0.1, 0.15) is 0 Å². The normalized spacial score (nSPS) is 10.1. The molecule has 92 valence electrons. The molecule has 1 N–H and O–H groups in total. The Balaban J connectivity index is 0.000000117. The predicted molar refractivity (Wildman–Crippen MR) is 77.9 cm³/mol. The molecule has 0 saturated carbocycles. The molecule has 0 bridgehead atoms. The molecule has 0 aliphatic heterocycles. The van der Waals surface area contributed by atoms with E-state index in [2.05, 4.69) is 39.7 Å². The minimum atomic E-state index is 1.21. The fourth-order valence-electron chi connectivity index (χ4n) is 2.04. The number of aromatic amines is 1. The molecule has 4 rings (SSSR count). The topological polar surface area (TPSA) is 19.9 Å². The van der Waals surface area contributed by atoms with E-state index in [1.807, 2.05) is 55.0 Å². The first-order valence-corrected chi connectivity index (χ1v) is 6.31. The van der Waals surface area contributed by atoms with Gasteiger partial charge in [-0.15, -0.1) is 0 Å². The smallest absolute Gasteiger partial charge is 0.210 e. The number of nitrogens with one attached hydrogen (secondary N) is 1. The van der Waals surface area contributed by atoms with Crippen LogP contribution in [0.5, 0.6) is 0 Å². The van der Waals surface area contributed by atoms with Crippen molar-refractivity contribution in [2.24, 2.45) is 0 Å². The Kier molecular flexibility index (Phi) is 3.24. The first-order valence-electron chi connectivity index (χ1n) is 6.31. The molecular weight excluding hydrogens is 232 g/mol. The molecule has 0 radical (unpaired) electrons. The minimum Gasteiger partial charge on any atom is -0.361 e. The lowest BCUT2D eigenvalue weighted by Gasteiger charge is -1.85. The number of para-hydroxylation sites is 1. The van der Waals surface area contributed by atoms with Crippen molar-refractivity contribution in [2.75, 3.05) is 0 Å². The van der Waals surface area contributed by atoms with E-state index in [4.69, 9.17) is 0 Å². The molecule has 0 aliphatic rings. The largest absolute Gasteiger partial charge is 0.361 e. The molecule has 0 spiro atoms. The van der Waals surface area contributed by atoms with Crippen LogP contribution in [0.15, 0.2) is 85.3 Å². The number of pyridine rings is 2. The number of H-pyrrole nitrogens is 1. The van der Waals surface area contributed by atoms with Crippen LogP contribution in [0.3, 0.4) is 0 Å². The molecule has 3 aromatic heterocycles. The third-order valence-electron chi connectivity index (χ3n) is 3.01. The molecule has 0 fully saturated rings. The SMILES string of the molecule is c1cc[n+]2ccccc2c1.c1ccc2[nH]ccc2c1. The number of hydrogen-bond acceptors (Lipinski definition) is 0. The number of benzene rings is 1. The van der Waals surface area contributed by atoms with E-state index in [9.17, 15) is 0 Å². The Morgan fingerprint density at radius 1 is 0.684 bits per heavy atom. The van der Waals surface area contributed by atoms with Gasteiger partial charge >= 0.3 is 0 Å². The van der Waals surface area contributed by atoms with Crippen molar-refractivity contribution in [3.63, 3.8) is 0 Å². The highest BCUT2D eigenvalue weighted by Gasteiger charge is 1.93. The molecule has 1 aromatic carbocycles. The summed E-state index contributed by atoms with van der Waals surface area (Å²) in [5.74, 6) is 0. The van der Waals surface area contributed by atoms with Gasteiger partial charge in [0.25, 0.3) is 0 Å². The Hall–Kier alpha value is -2.61. The van der Waals surface area contributed by atoms with Gasteiger partial charge in [-0.3, -0.25) is 0 Å². The summed E-state index contributed by atoms with van der Waals surface area (Å²) in [6.45, 7) is 0. The van der Waals surface area contributed by atoms with Gasteiger partial charge in [0.05, 0.1) is 0 Å². The van der Waals surface area contributed by atoms with E-state index in [-0.39, 0.29) is 0 Å². The van der Waals surface area contributed by atoms with E-state index >= 15 is 0 Å². The van der Waals surface area contributed by atoms with Gasteiger partial charge in [-0.1, -0.05) is 18.2 Å². The Labute approximate surface area is 112 Å². The number of aromatic nitrogens is 2. The Bertz CT molecular complexity index is 691. The van der Waals surface area contributed by atoms with E-state index in [1.165, 1.54) is 16.4 Å². The summed E-state index contributed by atoms with van der Waals surface area (Å²) in [5.41, 5.74) is 2.43. The average molecular weight is 247 g/mol. The second kappa shape index (κ2) is 5.36. The summed E-state index contributed by atoms with van der Waals surface area (Å²) in [6.07, 6.45) is 6.02. The molecule has 0 atom stereocenters. The summed E-state index contributed by atoms with van der Waals surface area (Å²) >= 11 is 0. The summed E-state index contributed by atoms with van der Waals surface area (Å²) < 4.78 is 2.08. The van der Waals surface area contributed by atoms with Gasteiger partial charge in [0, 0.05) is 36.0 Å². The van der Waals surface area contributed by atoms with Crippen molar-refractivity contribution in [1.29, 1.82) is 0 Å². The number of fused-ring (bicyclic) bond motifs is 2. The van der Waals surface area contributed by atoms with Crippen LogP contribution in [-0.2, 0) is 0 Å². The third-order valence-corrected chi connectivity index (χ3v) is 3.01. The van der Waals surface area contributed by atoms with Crippen molar-refractivity contribution in [2.45, 2.75) is 0 Å². The van der Waals surface area contributed by atoms with Gasteiger partial charge < -0.3 is 4.98 Å². The molecule has 2 heteroatoms. The van der Waals surface area contributed by atoms with Crippen molar-refractivity contribution >= 4 is 16.4 Å². The maximum atomic E-state index is 3.12. The fourth-order valence-corrected chi connectivity index (χ4v) is 2.04. The summed E-state index contributed by atoms with van der Waals surface area (Å²) in [6, 6.07) is 22.6.